The molecule has 4 heteroatoms. The molecule has 2 aliphatic rings. The van der Waals surface area contributed by atoms with Crippen molar-refractivity contribution in [1.29, 1.82) is 0 Å². The fourth-order valence-corrected chi connectivity index (χ4v) is 2.74. The molecule has 1 aliphatic carbocycles. The number of nitrogens with two attached hydrogens (primary N) is 1. The Morgan fingerprint density at radius 2 is 2.00 bits per heavy atom. The van der Waals surface area contributed by atoms with Gasteiger partial charge in [0.25, 0.3) is 0 Å². The molecule has 0 unspecified atom stereocenters. The molecule has 19 heavy (non-hydrogen) atoms. The lowest BCUT2D eigenvalue weighted by Crippen LogP contribution is -2.31. The van der Waals surface area contributed by atoms with E-state index in [0.717, 1.165) is 42.6 Å². The molecule has 1 aliphatic heterocycles. The molecule has 0 amide bonds. The molecule has 102 valence electrons. The van der Waals surface area contributed by atoms with Gasteiger partial charge in [0, 0.05) is 12.2 Å². The maximum atomic E-state index is 9.41. The molecule has 0 saturated heterocycles. The quantitative estimate of drug-likeness (QED) is 0.857. The van der Waals surface area contributed by atoms with Crippen molar-refractivity contribution in [2.24, 2.45) is 5.73 Å². The number of rotatable bonds is 2. The lowest BCUT2D eigenvalue weighted by Gasteiger charge is -2.27. The molecule has 1 heterocycles. The van der Waals surface area contributed by atoms with Crippen LogP contribution in [-0.4, -0.2) is 22.4 Å². The molecule has 1 saturated carbocycles. The standard InChI is InChI=1S/C15H20N2O2/c16-13-2-5-14(6-3-13)19-15-4-1-12-10-17(18)8-7-11(12)9-15/h1,4,7-9,13-14,18H,2-3,5-6,10,16H2. The molecule has 1 aromatic carbocycles. The topological polar surface area (TPSA) is 58.7 Å². The normalized spacial score (nSPS) is 26.1. The van der Waals surface area contributed by atoms with Gasteiger partial charge in [-0.3, -0.25) is 10.3 Å². The third kappa shape index (κ3) is 2.91. The van der Waals surface area contributed by atoms with E-state index < -0.39 is 0 Å². The van der Waals surface area contributed by atoms with E-state index in [0.29, 0.717) is 18.7 Å². The minimum absolute atomic E-state index is 0.291. The van der Waals surface area contributed by atoms with E-state index in [1.807, 2.05) is 24.3 Å². The zero-order valence-corrected chi connectivity index (χ0v) is 11.0. The van der Waals surface area contributed by atoms with Crippen molar-refractivity contribution in [2.75, 3.05) is 0 Å². The summed E-state index contributed by atoms with van der Waals surface area (Å²) in [6, 6.07) is 6.40. The molecular weight excluding hydrogens is 240 g/mol. The van der Waals surface area contributed by atoms with Crippen LogP contribution in [0.5, 0.6) is 5.75 Å². The van der Waals surface area contributed by atoms with E-state index >= 15 is 0 Å². The van der Waals surface area contributed by atoms with Crippen LogP contribution in [0.3, 0.4) is 0 Å². The molecule has 0 atom stereocenters. The van der Waals surface area contributed by atoms with Gasteiger partial charge in [-0.2, -0.15) is 0 Å². The van der Waals surface area contributed by atoms with E-state index in [4.69, 9.17) is 10.5 Å². The van der Waals surface area contributed by atoms with Gasteiger partial charge in [0.05, 0.1) is 12.6 Å². The van der Waals surface area contributed by atoms with Crippen LogP contribution in [0.1, 0.15) is 36.8 Å². The number of nitrogens with zero attached hydrogens (tertiary/aromatic N) is 1. The first kappa shape index (κ1) is 12.5. The van der Waals surface area contributed by atoms with Gasteiger partial charge in [0.15, 0.2) is 0 Å². The number of hydrogen-bond donors (Lipinski definition) is 2. The van der Waals surface area contributed by atoms with E-state index in [-0.39, 0.29) is 0 Å². The summed E-state index contributed by atoms with van der Waals surface area (Å²) in [5.74, 6) is 0.912. The highest BCUT2D eigenvalue weighted by atomic mass is 16.5. The Bertz CT molecular complexity index is 479. The third-order valence-corrected chi connectivity index (χ3v) is 3.90. The summed E-state index contributed by atoms with van der Waals surface area (Å²) in [6.45, 7) is 0.532. The largest absolute Gasteiger partial charge is 0.490 e. The van der Waals surface area contributed by atoms with Crippen LogP contribution < -0.4 is 10.5 Å². The summed E-state index contributed by atoms with van der Waals surface area (Å²) in [6.07, 6.45) is 8.05. The van der Waals surface area contributed by atoms with E-state index in [1.54, 1.807) is 6.20 Å². The minimum atomic E-state index is 0.291. The van der Waals surface area contributed by atoms with E-state index in [1.165, 1.54) is 5.06 Å². The van der Waals surface area contributed by atoms with E-state index in [9.17, 15) is 5.21 Å². The summed E-state index contributed by atoms with van der Waals surface area (Å²) in [4.78, 5) is 0. The van der Waals surface area contributed by atoms with Gasteiger partial charge in [-0.15, -0.1) is 0 Å². The van der Waals surface area contributed by atoms with Crippen molar-refractivity contribution >= 4 is 6.08 Å². The van der Waals surface area contributed by atoms with Gasteiger partial charge in [-0.25, -0.2) is 0 Å². The first-order chi connectivity index (χ1) is 9.20. The molecule has 1 fully saturated rings. The fourth-order valence-electron chi connectivity index (χ4n) is 2.74. The lowest BCUT2D eigenvalue weighted by atomic mass is 9.93. The van der Waals surface area contributed by atoms with Crippen molar-refractivity contribution in [3.05, 3.63) is 35.5 Å². The third-order valence-electron chi connectivity index (χ3n) is 3.90. The van der Waals surface area contributed by atoms with Gasteiger partial charge in [-0.05, 0) is 55.0 Å². The number of hydrogen-bond acceptors (Lipinski definition) is 4. The molecule has 0 radical (unpaired) electrons. The predicted octanol–water partition coefficient (Wildman–Crippen LogP) is 2.51. The average molecular weight is 260 g/mol. The second-order valence-corrected chi connectivity index (χ2v) is 5.43. The second kappa shape index (κ2) is 5.23. The summed E-state index contributed by atoms with van der Waals surface area (Å²) in [5, 5.41) is 10.6. The maximum absolute atomic E-state index is 9.41. The minimum Gasteiger partial charge on any atom is -0.490 e. The van der Waals surface area contributed by atoms with Crippen LogP contribution in [-0.2, 0) is 6.54 Å². The zero-order valence-electron chi connectivity index (χ0n) is 11.0. The Morgan fingerprint density at radius 3 is 2.79 bits per heavy atom. The summed E-state index contributed by atoms with van der Waals surface area (Å²) in [5.41, 5.74) is 8.14. The van der Waals surface area contributed by atoms with Crippen LogP contribution in [0.4, 0.5) is 0 Å². The van der Waals surface area contributed by atoms with Crippen molar-refractivity contribution in [1.82, 2.24) is 5.06 Å². The van der Waals surface area contributed by atoms with Crippen molar-refractivity contribution < 1.29 is 9.94 Å². The first-order valence-corrected chi connectivity index (χ1v) is 6.89. The van der Waals surface area contributed by atoms with Gasteiger partial charge in [0.2, 0.25) is 0 Å². The molecule has 3 N–H and O–H groups in total. The lowest BCUT2D eigenvalue weighted by molar-refractivity contribution is -0.0495. The maximum Gasteiger partial charge on any atom is 0.120 e. The number of benzene rings is 1. The van der Waals surface area contributed by atoms with Crippen molar-refractivity contribution in [2.45, 2.75) is 44.4 Å². The number of hydroxylamine groups is 2. The summed E-state index contributed by atoms with van der Waals surface area (Å²) < 4.78 is 6.03. The van der Waals surface area contributed by atoms with Crippen molar-refractivity contribution in [3.63, 3.8) is 0 Å². The van der Waals surface area contributed by atoms with Crippen LogP contribution >= 0.6 is 0 Å². The SMILES string of the molecule is NC1CCC(Oc2ccc3c(c2)C=CN(O)C3)CC1. The Morgan fingerprint density at radius 1 is 1.21 bits per heavy atom. The highest BCUT2D eigenvalue weighted by molar-refractivity contribution is 5.57. The van der Waals surface area contributed by atoms with E-state index in [2.05, 4.69) is 0 Å². The van der Waals surface area contributed by atoms with Crippen molar-refractivity contribution in [3.8, 4) is 5.75 Å². The van der Waals surface area contributed by atoms with Crippen LogP contribution in [0.15, 0.2) is 24.4 Å². The van der Waals surface area contributed by atoms with Gasteiger partial charge < -0.3 is 10.5 Å². The Hall–Kier alpha value is -1.52. The van der Waals surface area contributed by atoms with Gasteiger partial charge >= 0.3 is 0 Å². The monoisotopic (exact) mass is 260 g/mol. The zero-order chi connectivity index (χ0) is 13.2. The highest BCUT2D eigenvalue weighted by Crippen LogP contribution is 2.27. The van der Waals surface area contributed by atoms with Crippen LogP contribution in [0.2, 0.25) is 0 Å². The molecule has 4 nitrogen and oxygen atoms in total. The van der Waals surface area contributed by atoms with Crippen LogP contribution in [0, 0.1) is 0 Å². The molecule has 1 aromatic rings. The first-order valence-electron chi connectivity index (χ1n) is 6.89. The molecule has 0 bridgehead atoms. The smallest absolute Gasteiger partial charge is 0.120 e. The van der Waals surface area contributed by atoms with Crippen LogP contribution in [0.25, 0.3) is 6.08 Å². The highest BCUT2D eigenvalue weighted by Gasteiger charge is 2.20. The number of ether oxygens (including phenoxy) is 1. The average Bonchev–Trinajstić information content (AvgIpc) is 2.42. The molecule has 3 rings (SSSR count). The summed E-state index contributed by atoms with van der Waals surface area (Å²) >= 11 is 0. The summed E-state index contributed by atoms with van der Waals surface area (Å²) in [7, 11) is 0. The number of fused-ring (bicyclic) bond motifs is 1. The van der Waals surface area contributed by atoms with Gasteiger partial charge in [-0.1, -0.05) is 6.07 Å². The van der Waals surface area contributed by atoms with Gasteiger partial charge in [0.1, 0.15) is 5.75 Å². The Labute approximate surface area is 113 Å². The molecular formula is C15H20N2O2. The Balaban J connectivity index is 1.68. The predicted molar refractivity (Wildman–Crippen MR) is 73.7 cm³/mol. The fraction of sp³-hybridized carbons (Fsp3) is 0.467. The Kier molecular flexibility index (Phi) is 3.44. The molecule has 0 aromatic heterocycles. The second-order valence-electron chi connectivity index (χ2n) is 5.43. The molecule has 0 spiro atoms.